The lowest BCUT2D eigenvalue weighted by molar-refractivity contribution is -0.114. The van der Waals surface area contributed by atoms with Crippen molar-refractivity contribution in [1.29, 1.82) is 0 Å². The molecular weight excluding hydrogens is 428 g/mol. The summed E-state index contributed by atoms with van der Waals surface area (Å²) >= 11 is 0. The van der Waals surface area contributed by atoms with E-state index in [-0.39, 0.29) is 5.41 Å². The Balaban J connectivity index is 1.44. The predicted molar refractivity (Wildman–Crippen MR) is 143 cm³/mol. The summed E-state index contributed by atoms with van der Waals surface area (Å²) in [6.45, 7) is 6.73. The molecule has 1 aromatic rings. The molecule has 6 rings (SSSR count). The van der Waals surface area contributed by atoms with Gasteiger partial charge in [-0.15, -0.1) is 5.92 Å². The third-order valence-corrected chi connectivity index (χ3v) is 10.4. The number of benzene rings is 1. The van der Waals surface area contributed by atoms with Gasteiger partial charge < -0.3 is 10.6 Å². The Morgan fingerprint density at radius 1 is 1.03 bits per heavy atom. The van der Waals surface area contributed by atoms with E-state index < -0.39 is 5.54 Å². The van der Waals surface area contributed by atoms with Crippen molar-refractivity contribution in [2.75, 3.05) is 18.0 Å². The molecule has 1 heterocycles. The van der Waals surface area contributed by atoms with Gasteiger partial charge in [-0.1, -0.05) is 30.6 Å². The molecule has 4 aliphatic carbocycles. The molecule has 5 atom stereocenters. The second-order valence-electron chi connectivity index (χ2n) is 12.0. The molecule has 184 valence electrons. The average Bonchev–Trinajstić information content (AvgIpc) is 3.14. The number of piperidine rings is 1. The van der Waals surface area contributed by atoms with E-state index in [0.717, 1.165) is 32.1 Å². The Kier molecular flexibility index (Phi) is 5.72. The predicted octanol–water partition coefficient (Wildman–Crippen LogP) is 6.30. The highest BCUT2D eigenvalue weighted by Crippen LogP contribution is 2.66. The summed E-state index contributed by atoms with van der Waals surface area (Å²) < 4.78 is 0. The Morgan fingerprint density at radius 2 is 1.80 bits per heavy atom. The van der Waals surface area contributed by atoms with Gasteiger partial charge >= 0.3 is 0 Å². The number of hydrogen-bond acceptors (Lipinski definition) is 3. The van der Waals surface area contributed by atoms with E-state index >= 15 is 0 Å². The molecule has 35 heavy (non-hydrogen) atoms. The molecule has 0 amide bonds. The van der Waals surface area contributed by atoms with Crippen LogP contribution in [0.1, 0.15) is 89.5 Å². The van der Waals surface area contributed by atoms with E-state index in [1.54, 1.807) is 5.57 Å². The molecule has 3 fully saturated rings. The summed E-state index contributed by atoms with van der Waals surface area (Å²) in [4.78, 5) is 14.8. The monoisotopic (exact) mass is 468 g/mol. The van der Waals surface area contributed by atoms with Gasteiger partial charge in [0.1, 0.15) is 0 Å². The lowest BCUT2D eigenvalue weighted by atomic mass is 9.51. The number of allylic oxidation sites excluding steroid dienone is 4. The zero-order valence-corrected chi connectivity index (χ0v) is 21.5. The number of anilines is 1. The largest absolute Gasteiger partial charge is 0.372 e. The lowest BCUT2D eigenvalue weighted by Crippen LogP contribution is -2.55. The summed E-state index contributed by atoms with van der Waals surface area (Å²) in [5.74, 6) is 8.50. The number of nitrogens with zero attached hydrogens (tertiary/aromatic N) is 1. The molecule has 2 saturated carbocycles. The molecule has 3 heteroatoms. The van der Waals surface area contributed by atoms with Crippen molar-refractivity contribution in [1.82, 2.24) is 0 Å². The van der Waals surface area contributed by atoms with Crippen LogP contribution >= 0.6 is 0 Å². The average molecular weight is 469 g/mol. The van der Waals surface area contributed by atoms with Crippen molar-refractivity contribution < 1.29 is 4.79 Å². The smallest absolute Gasteiger partial charge is 0.156 e. The first-order valence-corrected chi connectivity index (χ1v) is 14.0. The highest BCUT2D eigenvalue weighted by Gasteiger charge is 2.61. The Labute approximate surface area is 211 Å². The third kappa shape index (κ3) is 3.63. The minimum absolute atomic E-state index is 0.00660. The molecule has 0 bridgehead atoms. The topological polar surface area (TPSA) is 46.3 Å². The Hall–Kier alpha value is -2.31. The summed E-state index contributed by atoms with van der Waals surface area (Å²) in [7, 11) is 0. The van der Waals surface area contributed by atoms with Crippen molar-refractivity contribution in [3.05, 3.63) is 52.6 Å². The maximum Gasteiger partial charge on any atom is 0.156 e. The van der Waals surface area contributed by atoms with Crippen LogP contribution in [0.25, 0.3) is 0 Å². The van der Waals surface area contributed by atoms with Crippen molar-refractivity contribution in [2.24, 2.45) is 23.0 Å². The van der Waals surface area contributed by atoms with Gasteiger partial charge in [0.25, 0.3) is 0 Å². The number of rotatable bonds is 2. The van der Waals surface area contributed by atoms with Crippen LogP contribution in [-0.4, -0.2) is 24.4 Å². The van der Waals surface area contributed by atoms with Crippen LogP contribution in [0.5, 0.6) is 0 Å². The minimum Gasteiger partial charge on any atom is -0.372 e. The number of nitrogens with two attached hydrogens (primary N) is 1. The van der Waals surface area contributed by atoms with E-state index in [0.29, 0.717) is 30.0 Å². The van der Waals surface area contributed by atoms with E-state index in [1.165, 1.54) is 61.2 Å². The van der Waals surface area contributed by atoms with Crippen LogP contribution in [0.3, 0.4) is 0 Å². The minimum atomic E-state index is -0.409. The summed E-state index contributed by atoms with van der Waals surface area (Å²) in [5, 5.41) is 0. The second-order valence-corrected chi connectivity index (χ2v) is 12.0. The summed E-state index contributed by atoms with van der Waals surface area (Å²) in [6, 6.07) is 9.51. The van der Waals surface area contributed by atoms with Crippen LogP contribution in [-0.2, 0) is 4.79 Å². The maximum atomic E-state index is 12.3. The number of carbonyl (C=O) groups is 1. The van der Waals surface area contributed by atoms with Gasteiger partial charge in [-0.05, 0) is 111 Å². The van der Waals surface area contributed by atoms with Gasteiger partial charge in [0.15, 0.2) is 5.78 Å². The standard InChI is InChI=1S/C32H40N2O/c1-3-16-32(33)17-15-29-27-13-9-23-20-25(35)12-14-26(23)30(27)28(21-31(29,32)2)22-7-10-24(11-8-22)34-18-5-4-6-19-34/h7-8,10-11,20,27-29H,4-6,9,12-15,17-19,21,33H2,1-2H3/t27-,28+,29-,31-,32-/m0/s1. The first kappa shape index (κ1) is 23.1. The van der Waals surface area contributed by atoms with Gasteiger partial charge in [-0.2, -0.15) is 0 Å². The van der Waals surface area contributed by atoms with Crippen molar-refractivity contribution in [3.63, 3.8) is 0 Å². The molecular formula is C32H40N2O. The van der Waals surface area contributed by atoms with Gasteiger partial charge in [-0.25, -0.2) is 0 Å². The molecule has 3 nitrogen and oxygen atoms in total. The quantitative estimate of drug-likeness (QED) is 0.518. The molecule has 0 radical (unpaired) electrons. The molecule has 0 unspecified atom stereocenters. The van der Waals surface area contributed by atoms with E-state index in [2.05, 4.69) is 47.9 Å². The molecule has 2 N–H and O–H groups in total. The van der Waals surface area contributed by atoms with E-state index in [4.69, 9.17) is 5.73 Å². The van der Waals surface area contributed by atoms with E-state index in [9.17, 15) is 4.79 Å². The number of hydrogen-bond donors (Lipinski definition) is 1. The molecule has 1 aliphatic heterocycles. The Bertz CT molecular complexity index is 1140. The molecule has 1 saturated heterocycles. The van der Waals surface area contributed by atoms with Gasteiger partial charge in [0.2, 0.25) is 0 Å². The molecule has 0 spiro atoms. The van der Waals surface area contributed by atoms with Gasteiger partial charge in [0, 0.05) is 36.5 Å². The fourth-order valence-electron chi connectivity index (χ4n) is 8.52. The third-order valence-electron chi connectivity index (χ3n) is 10.4. The lowest BCUT2D eigenvalue weighted by Gasteiger charge is -2.54. The SMILES string of the molecule is CC#C[C@]1(N)CC[C@H]2[C@@H]3CCC4=CC(=O)CCC4=C3[C@@H](c3ccc(N4CCCCC4)cc3)C[C@@]21C. The van der Waals surface area contributed by atoms with Crippen molar-refractivity contribution in [3.8, 4) is 11.8 Å². The molecule has 5 aliphatic rings. The second kappa shape index (κ2) is 8.67. The van der Waals surface area contributed by atoms with Crippen LogP contribution in [0.2, 0.25) is 0 Å². The van der Waals surface area contributed by atoms with Crippen LogP contribution in [0.4, 0.5) is 5.69 Å². The van der Waals surface area contributed by atoms with Crippen LogP contribution in [0, 0.1) is 29.1 Å². The normalized spacial score (nSPS) is 36.5. The summed E-state index contributed by atoms with van der Waals surface area (Å²) in [6.07, 6.45) is 12.9. The maximum absolute atomic E-state index is 12.3. The molecule has 0 aromatic heterocycles. The van der Waals surface area contributed by atoms with Crippen LogP contribution in [0.15, 0.2) is 47.1 Å². The molecule has 1 aromatic carbocycles. The van der Waals surface area contributed by atoms with Crippen molar-refractivity contribution in [2.45, 2.75) is 89.5 Å². The van der Waals surface area contributed by atoms with Crippen molar-refractivity contribution >= 4 is 11.5 Å². The number of carbonyl (C=O) groups excluding carboxylic acids is 1. The Morgan fingerprint density at radius 3 is 2.54 bits per heavy atom. The fourth-order valence-corrected chi connectivity index (χ4v) is 8.52. The van der Waals surface area contributed by atoms with E-state index in [1.807, 2.05) is 13.0 Å². The first-order valence-electron chi connectivity index (χ1n) is 14.0. The zero-order valence-electron chi connectivity index (χ0n) is 21.5. The van der Waals surface area contributed by atoms with Crippen LogP contribution < -0.4 is 10.6 Å². The van der Waals surface area contributed by atoms with Gasteiger partial charge in [-0.3, -0.25) is 4.79 Å². The zero-order chi connectivity index (χ0) is 24.2. The highest BCUT2D eigenvalue weighted by molar-refractivity contribution is 5.93. The fraction of sp³-hybridized carbons (Fsp3) is 0.594. The first-order chi connectivity index (χ1) is 16.9. The number of ketones is 1. The summed E-state index contributed by atoms with van der Waals surface area (Å²) in [5.41, 5.74) is 14.0. The highest BCUT2D eigenvalue weighted by atomic mass is 16.1. The number of fused-ring (bicyclic) bond motifs is 4. The van der Waals surface area contributed by atoms with Gasteiger partial charge in [0.05, 0.1) is 5.54 Å².